The first-order valence-electron chi connectivity index (χ1n) is 13.1. The Morgan fingerprint density at radius 3 is 1.07 bits per heavy atom. The van der Waals surface area contributed by atoms with Gasteiger partial charge in [0.1, 0.15) is 0 Å². The third-order valence-corrected chi connectivity index (χ3v) is 5.50. The summed E-state index contributed by atoms with van der Waals surface area (Å²) in [5.74, 6) is -2.85. The van der Waals surface area contributed by atoms with Crippen molar-refractivity contribution in [2.24, 2.45) is 0 Å². The maximum atomic E-state index is 13.3. The molecule has 0 atom stereocenters. The first-order chi connectivity index (χ1) is 20.3. The van der Waals surface area contributed by atoms with Gasteiger partial charge in [0, 0.05) is 34.6 Å². The normalized spacial score (nSPS) is 9.44. The minimum atomic E-state index is -0.722. The predicted octanol–water partition coefficient (Wildman–Crippen LogP) is 10.4. The van der Waals surface area contributed by atoms with Gasteiger partial charge in [0.2, 0.25) is 0 Å². The summed E-state index contributed by atoms with van der Waals surface area (Å²) >= 11 is 0. The van der Waals surface area contributed by atoms with Crippen LogP contribution in [-0.2, 0) is 21.7 Å². The Bertz CT molecular complexity index is 1410. The molecule has 0 unspecified atom stereocenters. The van der Waals surface area contributed by atoms with Crippen molar-refractivity contribution in [2.45, 2.75) is 13.8 Å². The van der Waals surface area contributed by atoms with Crippen LogP contribution in [0.4, 0.5) is 40.3 Å². The Labute approximate surface area is 265 Å². The van der Waals surface area contributed by atoms with Crippen LogP contribution in [0.2, 0.25) is 0 Å². The molecule has 0 aliphatic carbocycles. The summed E-state index contributed by atoms with van der Waals surface area (Å²) < 4.78 is 51.7. The molecule has 2 nitrogen and oxygen atoms in total. The molecule has 43 heavy (non-hydrogen) atoms. The Morgan fingerprint density at radius 2 is 0.814 bits per heavy atom. The van der Waals surface area contributed by atoms with Crippen LogP contribution in [0, 0.1) is 49.2 Å². The van der Waals surface area contributed by atoms with E-state index in [0.29, 0.717) is 0 Å². The van der Waals surface area contributed by atoms with Gasteiger partial charge in [0.15, 0.2) is 0 Å². The molecular weight excluding hydrogens is 584 g/mol. The average molecular weight is 615 g/mol. The maximum Gasteiger partial charge on any atom is 4.00 e. The molecule has 216 valence electrons. The van der Waals surface area contributed by atoms with Gasteiger partial charge in [-0.3, -0.25) is 0 Å². The maximum absolute atomic E-state index is 13.3. The van der Waals surface area contributed by atoms with Gasteiger partial charge >= 0.3 is 21.7 Å². The smallest absolute Gasteiger partial charge is 0.406 e. The second-order valence-corrected chi connectivity index (χ2v) is 8.97. The fourth-order valence-electron chi connectivity index (χ4n) is 3.31. The van der Waals surface area contributed by atoms with E-state index < -0.39 is 23.3 Å². The summed E-state index contributed by atoms with van der Waals surface area (Å²) in [5.41, 5.74) is 4.18. The second kappa shape index (κ2) is 18.9. The quantitative estimate of drug-likeness (QED) is 0.117. The van der Waals surface area contributed by atoms with Crippen LogP contribution in [0.1, 0.15) is 11.1 Å². The van der Waals surface area contributed by atoms with E-state index in [9.17, 15) is 17.6 Å². The molecule has 0 saturated heterocycles. The standard InChI is InChI=1S/2C13H10F2N.2C5H5.Ti/c2*1-9-2-5-11(6-3-9)16-13-7-4-10(14)8-12(13)15;2*1-2-4-5-3-1;/h2*2-7,16H,1H3;2*1-5H;/q4*-1;+4. The van der Waals surface area contributed by atoms with Crippen molar-refractivity contribution >= 4 is 22.7 Å². The van der Waals surface area contributed by atoms with E-state index in [1.807, 2.05) is 135 Å². The van der Waals surface area contributed by atoms with Gasteiger partial charge in [-0.25, -0.2) is 41.8 Å². The predicted molar refractivity (Wildman–Crippen MR) is 163 cm³/mol. The zero-order chi connectivity index (χ0) is 30.2. The number of hydrogen-bond acceptors (Lipinski definition) is 2. The topological polar surface area (TPSA) is 24.1 Å². The van der Waals surface area contributed by atoms with Crippen molar-refractivity contribution in [3.63, 3.8) is 0 Å². The van der Waals surface area contributed by atoms with Crippen LogP contribution >= 0.6 is 0 Å². The van der Waals surface area contributed by atoms with E-state index in [1.165, 1.54) is 24.3 Å². The number of anilines is 4. The van der Waals surface area contributed by atoms with Crippen LogP contribution in [0.3, 0.4) is 0 Å². The molecule has 0 amide bonds. The van der Waals surface area contributed by atoms with Gasteiger partial charge in [-0.2, -0.15) is 36.4 Å². The molecule has 0 radical (unpaired) electrons. The summed E-state index contributed by atoms with van der Waals surface area (Å²) in [7, 11) is 0. The summed E-state index contributed by atoms with van der Waals surface area (Å²) in [6, 6.07) is 43.9. The molecule has 6 rings (SSSR count). The number of rotatable bonds is 4. The minimum Gasteiger partial charge on any atom is -0.406 e. The third-order valence-electron chi connectivity index (χ3n) is 5.50. The Morgan fingerprint density at radius 1 is 0.488 bits per heavy atom. The van der Waals surface area contributed by atoms with Crippen LogP contribution in [-0.4, -0.2) is 0 Å². The zero-order valence-corrected chi connectivity index (χ0v) is 25.3. The van der Waals surface area contributed by atoms with E-state index >= 15 is 0 Å². The molecule has 0 fully saturated rings. The van der Waals surface area contributed by atoms with Crippen LogP contribution in [0.5, 0.6) is 0 Å². The van der Waals surface area contributed by atoms with Gasteiger partial charge in [-0.05, 0) is 49.5 Å². The van der Waals surface area contributed by atoms with E-state index in [-0.39, 0.29) is 33.1 Å². The zero-order valence-electron chi connectivity index (χ0n) is 23.7. The van der Waals surface area contributed by atoms with Gasteiger partial charge in [-0.1, -0.05) is 35.4 Å². The molecule has 0 heterocycles. The van der Waals surface area contributed by atoms with Crippen molar-refractivity contribution in [3.8, 4) is 0 Å². The summed E-state index contributed by atoms with van der Waals surface area (Å²) in [6.07, 6.45) is 0. The fourth-order valence-corrected chi connectivity index (χ4v) is 3.31. The van der Waals surface area contributed by atoms with Crippen molar-refractivity contribution in [3.05, 3.63) is 180 Å². The molecular formula is C36H30F4N2Ti. The van der Waals surface area contributed by atoms with Gasteiger partial charge in [0.05, 0.1) is 0 Å². The summed E-state index contributed by atoms with van der Waals surface area (Å²) in [6.45, 7) is 3.94. The molecule has 2 N–H and O–H groups in total. The number of halogens is 4. The Hall–Kier alpha value is -4.39. The van der Waals surface area contributed by atoms with E-state index in [2.05, 4.69) is 10.6 Å². The molecule has 6 aromatic rings. The van der Waals surface area contributed by atoms with Crippen molar-refractivity contribution in [1.29, 1.82) is 0 Å². The first-order valence-corrected chi connectivity index (χ1v) is 13.1. The van der Waals surface area contributed by atoms with Gasteiger partial charge < -0.3 is 10.6 Å². The Kier molecular flexibility index (Phi) is 15.3. The molecule has 0 spiro atoms. The second-order valence-electron chi connectivity index (χ2n) is 8.97. The number of benzene rings is 4. The molecule has 6 aromatic carbocycles. The molecule has 0 aliphatic rings. The monoisotopic (exact) mass is 614 g/mol. The third kappa shape index (κ3) is 13.4. The van der Waals surface area contributed by atoms with Crippen molar-refractivity contribution in [2.75, 3.05) is 10.6 Å². The van der Waals surface area contributed by atoms with E-state index in [1.54, 1.807) is 0 Å². The molecule has 7 heteroatoms. The number of nitrogens with one attached hydrogen (secondary N) is 2. The largest absolute Gasteiger partial charge is 4.00 e. The van der Waals surface area contributed by atoms with Crippen LogP contribution < -0.4 is 10.6 Å². The van der Waals surface area contributed by atoms with E-state index in [4.69, 9.17) is 0 Å². The summed E-state index contributed by atoms with van der Waals surface area (Å²) in [5, 5.41) is 5.71. The van der Waals surface area contributed by atoms with Crippen LogP contribution in [0.15, 0.2) is 133 Å². The van der Waals surface area contributed by atoms with Crippen molar-refractivity contribution < 1.29 is 39.3 Å². The average Bonchev–Trinajstić information content (AvgIpc) is 3.75. The number of aryl methyl sites for hydroxylation is 2. The Balaban J connectivity index is 0.000000223. The SMILES string of the molecule is Cc1ccc(Nc2ccc(F)[c-]c2F)cc1.Cc1ccc(Nc2ccc(F)[c-]c2F)cc1.[Ti+4].c1cc[cH-]c1.c1cc[cH-]c1. The van der Waals surface area contributed by atoms with Crippen molar-refractivity contribution in [1.82, 2.24) is 0 Å². The van der Waals surface area contributed by atoms with Gasteiger partial charge in [-0.15, -0.1) is 36.4 Å². The first kappa shape index (κ1) is 34.8. The van der Waals surface area contributed by atoms with Crippen LogP contribution in [0.25, 0.3) is 0 Å². The number of hydrogen-bond donors (Lipinski definition) is 2. The fraction of sp³-hybridized carbons (Fsp3) is 0.0556. The van der Waals surface area contributed by atoms with Gasteiger partial charge in [0.25, 0.3) is 0 Å². The molecule has 0 saturated carbocycles. The molecule has 0 aromatic heterocycles. The molecule has 0 aliphatic heterocycles. The molecule has 0 bridgehead atoms. The van der Waals surface area contributed by atoms with E-state index in [0.717, 1.165) is 22.5 Å². The minimum absolute atomic E-state index is 0. The summed E-state index contributed by atoms with van der Waals surface area (Å²) in [4.78, 5) is 0.